The van der Waals surface area contributed by atoms with E-state index in [1.165, 1.54) is 23.9 Å². The summed E-state index contributed by atoms with van der Waals surface area (Å²) in [6.07, 6.45) is 0. The van der Waals surface area contributed by atoms with Crippen LogP contribution in [-0.2, 0) is 0 Å². The second-order valence-electron chi connectivity index (χ2n) is 3.42. The number of rotatable bonds is 4. The molecule has 0 unspecified atom stereocenters. The van der Waals surface area contributed by atoms with E-state index in [-0.39, 0.29) is 10.6 Å². The molecular weight excluding hydrogens is 354 g/mol. The first-order chi connectivity index (χ1) is 8.97. The Bertz CT molecular complexity index is 656. The number of hydrogen-bond donors (Lipinski definition) is 1. The van der Waals surface area contributed by atoms with E-state index in [0.29, 0.717) is 14.3 Å². The zero-order chi connectivity index (χ0) is 14.0. The fraction of sp³-hybridized carbons (Fsp3) is 0. The first-order valence-corrected chi connectivity index (χ1v) is 7.40. The fourth-order valence-electron chi connectivity index (χ4n) is 1.33. The minimum Gasteiger partial charge on any atom is -0.477 e. The van der Waals surface area contributed by atoms with Crippen LogP contribution < -0.4 is 0 Å². The number of carboxylic acid groups (broad SMARTS) is 1. The van der Waals surface area contributed by atoms with Gasteiger partial charge < -0.3 is 5.11 Å². The van der Waals surface area contributed by atoms with Crippen LogP contribution >= 0.6 is 39.0 Å². The second kappa shape index (κ2) is 5.72. The quantitative estimate of drug-likeness (QED) is 0.651. The van der Waals surface area contributed by atoms with E-state index in [2.05, 4.69) is 15.9 Å². The zero-order valence-corrected chi connectivity index (χ0v) is 12.4. The SMILES string of the molecule is O=C(O)c1cc(Sc2ccc(Br)cc2[N+](=O)[O-])cs1. The van der Waals surface area contributed by atoms with Crippen LogP contribution in [0.2, 0.25) is 0 Å². The molecule has 2 rings (SSSR count). The first kappa shape index (κ1) is 14.0. The summed E-state index contributed by atoms with van der Waals surface area (Å²) in [6, 6.07) is 6.26. The van der Waals surface area contributed by atoms with Crippen molar-refractivity contribution < 1.29 is 14.8 Å². The van der Waals surface area contributed by atoms with Gasteiger partial charge in [-0.05, 0) is 18.2 Å². The van der Waals surface area contributed by atoms with Crippen molar-refractivity contribution in [3.63, 3.8) is 0 Å². The highest BCUT2D eigenvalue weighted by molar-refractivity contribution is 9.10. The third-order valence-corrected chi connectivity index (χ3v) is 4.73. The van der Waals surface area contributed by atoms with Crippen molar-refractivity contribution in [2.24, 2.45) is 0 Å². The fourth-order valence-corrected chi connectivity index (χ4v) is 3.50. The van der Waals surface area contributed by atoms with Gasteiger partial charge in [-0.2, -0.15) is 0 Å². The molecular formula is C11H6BrNO4S2. The highest BCUT2D eigenvalue weighted by Gasteiger charge is 2.16. The molecule has 0 saturated carbocycles. The molecule has 5 nitrogen and oxygen atoms in total. The van der Waals surface area contributed by atoms with E-state index in [1.54, 1.807) is 17.5 Å². The standard InChI is InChI=1S/C11H6BrNO4S2/c12-6-1-2-9(8(3-6)13(16)17)19-7-4-10(11(14)15)18-5-7/h1-5H,(H,14,15). The minimum absolute atomic E-state index is 0.0116. The number of halogens is 1. The molecule has 0 aliphatic rings. The summed E-state index contributed by atoms with van der Waals surface area (Å²) < 4.78 is 0.625. The van der Waals surface area contributed by atoms with Crippen LogP contribution in [0.4, 0.5) is 5.69 Å². The average Bonchev–Trinajstić information content (AvgIpc) is 2.80. The predicted octanol–water partition coefficient (Wildman–Crippen LogP) is 4.27. The molecule has 98 valence electrons. The number of nitro benzene ring substituents is 1. The van der Waals surface area contributed by atoms with Crippen LogP contribution in [0.1, 0.15) is 9.67 Å². The van der Waals surface area contributed by atoms with Gasteiger partial charge in [-0.1, -0.05) is 27.7 Å². The minimum atomic E-state index is -0.998. The highest BCUT2D eigenvalue weighted by Crippen LogP contribution is 2.38. The Kier molecular flexibility index (Phi) is 4.23. The Morgan fingerprint density at radius 3 is 2.74 bits per heavy atom. The van der Waals surface area contributed by atoms with Gasteiger partial charge in [-0.3, -0.25) is 10.1 Å². The van der Waals surface area contributed by atoms with Gasteiger partial charge in [0.15, 0.2) is 0 Å². The Hall–Kier alpha value is -1.38. The molecule has 2 aromatic rings. The molecule has 0 fully saturated rings. The van der Waals surface area contributed by atoms with Gasteiger partial charge in [0.2, 0.25) is 0 Å². The monoisotopic (exact) mass is 359 g/mol. The number of carboxylic acids is 1. The van der Waals surface area contributed by atoms with Crippen molar-refractivity contribution in [1.29, 1.82) is 0 Å². The maximum Gasteiger partial charge on any atom is 0.345 e. The summed E-state index contributed by atoms with van der Waals surface area (Å²) in [5.74, 6) is -0.998. The maximum absolute atomic E-state index is 11.0. The molecule has 0 amide bonds. The molecule has 1 aromatic carbocycles. The van der Waals surface area contributed by atoms with Crippen molar-refractivity contribution in [2.75, 3.05) is 0 Å². The van der Waals surface area contributed by atoms with Gasteiger partial charge in [0.25, 0.3) is 5.69 Å². The molecule has 1 heterocycles. The molecule has 8 heteroatoms. The number of hydrogen-bond acceptors (Lipinski definition) is 5. The summed E-state index contributed by atoms with van der Waals surface area (Å²) >= 11 is 5.45. The van der Waals surface area contributed by atoms with E-state index < -0.39 is 10.9 Å². The Balaban J connectivity index is 2.32. The van der Waals surface area contributed by atoms with Gasteiger partial charge >= 0.3 is 5.97 Å². The van der Waals surface area contributed by atoms with E-state index in [4.69, 9.17) is 5.11 Å². The molecule has 1 aromatic heterocycles. The lowest BCUT2D eigenvalue weighted by atomic mass is 10.3. The Morgan fingerprint density at radius 2 is 2.16 bits per heavy atom. The predicted molar refractivity (Wildman–Crippen MR) is 76.2 cm³/mol. The average molecular weight is 360 g/mol. The largest absolute Gasteiger partial charge is 0.477 e. The summed E-state index contributed by atoms with van der Waals surface area (Å²) in [6.45, 7) is 0. The lowest BCUT2D eigenvalue weighted by Gasteiger charge is -2.01. The van der Waals surface area contributed by atoms with Crippen molar-refractivity contribution >= 4 is 50.7 Å². The van der Waals surface area contributed by atoms with Crippen LogP contribution in [0, 0.1) is 10.1 Å². The van der Waals surface area contributed by atoms with Gasteiger partial charge in [0, 0.05) is 20.8 Å². The zero-order valence-electron chi connectivity index (χ0n) is 9.20. The highest BCUT2D eigenvalue weighted by atomic mass is 79.9. The van der Waals surface area contributed by atoms with Crippen LogP contribution in [0.15, 0.2) is 43.9 Å². The number of aromatic carboxylic acids is 1. The molecule has 0 radical (unpaired) electrons. The number of carbonyl (C=O) groups is 1. The molecule has 0 aliphatic carbocycles. The Labute approximate surface area is 124 Å². The van der Waals surface area contributed by atoms with Crippen LogP contribution in [0.3, 0.4) is 0 Å². The van der Waals surface area contributed by atoms with Crippen molar-refractivity contribution in [3.05, 3.63) is 49.1 Å². The van der Waals surface area contributed by atoms with Gasteiger partial charge in [-0.25, -0.2) is 4.79 Å². The number of nitro groups is 1. The smallest absolute Gasteiger partial charge is 0.345 e. The topological polar surface area (TPSA) is 80.4 Å². The normalized spacial score (nSPS) is 10.4. The van der Waals surface area contributed by atoms with Gasteiger partial charge in [0.1, 0.15) is 4.88 Å². The lowest BCUT2D eigenvalue weighted by Crippen LogP contribution is -1.91. The van der Waals surface area contributed by atoms with E-state index >= 15 is 0 Å². The second-order valence-corrected chi connectivity index (χ2v) is 6.37. The molecule has 0 saturated heterocycles. The molecule has 0 aliphatic heterocycles. The molecule has 0 spiro atoms. The van der Waals surface area contributed by atoms with Crippen molar-refractivity contribution in [2.45, 2.75) is 9.79 Å². The number of nitrogens with zero attached hydrogens (tertiary/aromatic N) is 1. The third kappa shape index (κ3) is 3.34. The van der Waals surface area contributed by atoms with E-state index in [9.17, 15) is 14.9 Å². The van der Waals surface area contributed by atoms with Crippen LogP contribution in [-0.4, -0.2) is 16.0 Å². The molecule has 0 atom stereocenters. The van der Waals surface area contributed by atoms with Crippen LogP contribution in [0.5, 0.6) is 0 Å². The number of thiophene rings is 1. The van der Waals surface area contributed by atoms with E-state index in [1.807, 2.05) is 0 Å². The van der Waals surface area contributed by atoms with Crippen molar-refractivity contribution in [3.8, 4) is 0 Å². The van der Waals surface area contributed by atoms with E-state index in [0.717, 1.165) is 11.3 Å². The molecule has 19 heavy (non-hydrogen) atoms. The number of benzene rings is 1. The third-order valence-electron chi connectivity index (χ3n) is 2.13. The first-order valence-electron chi connectivity index (χ1n) is 4.91. The summed E-state index contributed by atoms with van der Waals surface area (Å²) in [4.78, 5) is 22.6. The maximum atomic E-state index is 11.0. The molecule has 0 bridgehead atoms. The Morgan fingerprint density at radius 1 is 1.42 bits per heavy atom. The lowest BCUT2D eigenvalue weighted by molar-refractivity contribution is -0.387. The summed E-state index contributed by atoms with van der Waals surface area (Å²) in [5, 5.41) is 21.5. The van der Waals surface area contributed by atoms with Crippen molar-refractivity contribution in [1.82, 2.24) is 0 Å². The summed E-state index contributed by atoms with van der Waals surface area (Å²) in [7, 11) is 0. The van der Waals surface area contributed by atoms with Gasteiger partial charge in [0.05, 0.1) is 9.82 Å². The molecule has 1 N–H and O–H groups in total. The van der Waals surface area contributed by atoms with Crippen LogP contribution in [0.25, 0.3) is 0 Å². The summed E-state index contributed by atoms with van der Waals surface area (Å²) in [5.41, 5.74) is -0.0116. The van der Waals surface area contributed by atoms with Gasteiger partial charge in [-0.15, -0.1) is 11.3 Å².